The van der Waals surface area contributed by atoms with Gasteiger partial charge in [0.15, 0.2) is 5.76 Å². The van der Waals surface area contributed by atoms with Crippen LogP contribution in [0, 0.1) is 13.8 Å². The molecule has 0 spiro atoms. The standard InChI is InChI=1S/C21H26N6O3/c1-15-4-5-19(30-15)18-6-7-22-21(24-18)27-16(2)17(14-23-27)20(28)26-10-8-25(9-11-26)12-13-29-3/h4-7,14H,8-13H2,1-3H3. The van der Waals surface area contributed by atoms with Crippen molar-refractivity contribution in [2.45, 2.75) is 13.8 Å². The maximum absolute atomic E-state index is 13.1. The second kappa shape index (κ2) is 8.76. The van der Waals surface area contributed by atoms with Gasteiger partial charge >= 0.3 is 0 Å². The van der Waals surface area contributed by atoms with Crippen molar-refractivity contribution in [3.8, 4) is 17.4 Å². The summed E-state index contributed by atoms with van der Waals surface area (Å²) in [5, 5.41) is 4.38. The highest BCUT2D eigenvalue weighted by molar-refractivity contribution is 5.95. The van der Waals surface area contributed by atoms with Crippen molar-refractivity contribution in [2.75, 3.05) is 46.4 Å². The summed E-state index contributed by atoms with van der Waals surface area (Å²) in [4.78, 5) is 26.1. The number of methoxy groups -OCH3 is 1. The summed E-state index contributed by atoms with van der Waals surface area (Å²) in [6.45, 7) is 8.41. The Kier molecular flexibility index (Phi) is 5.91. The van der Waals surface area contributed by atoms with E-state index in [-0.39, 0.29) is 5.91 Å². The van der Waals surface area contributed by atoms with Gasteiger partial charge in [-0.3, -0.25) is 9.69 Å². The summed E-state index contributed by atoms with van der Waals surface area (Å²) in [7, 11) is 1.70. The monoisotopic (exact) mass is 410 g/mol. The number of aryl methyl sites for hydroxylation is 1. The molecule has 3 aromatic heterocycles. The fraction of sp³-hybridized carbons (Fsp3) is 0.429. The fourth-order valence-corrected chi connectivity index (χ4v) is 3.55. The smallest absolute Gasteiger partial charge is 0.257 e. The minimum Gasteiger partial charge on any atom is -0.460 e. The molecule has 0 aliphatic carbocycles. The second-order valence-corrected chi connectivity index (χ2v) is 7.33. The summed E-state index contributed by atoms with van der Waals surface area (Å²) >= 11 is 0. The van der Waals surface area contributed by atoms with Gasteiger partial charge in [0, 0.05) is 46.0 Å². The van der Waals surface area contributed by atoms with Crippen molar-refractivity contribution in [2.24, 2.45) is 0 Å². The van der Waals surface area contributed by atoms with Crippen LogP contribution in [0.4, 0.5) is 0 Å². The van der Waals surface area contributed by atoms with Gasteiger partial charge in [0.2, 0.25) is 0 Å². The number of carbonyl (C=O) groups is 1. The molecular weight excluding hydrogens is 384 g/mol. The van der Waals surface area contributed by atoms with E-state index in [9.17, 15) is 4.79 Å². The highest BCUT2D eigenvalue weighted by Crippen LogP contribution is 2.21. The Hall–Kier alpha value is -3.04. The molecule has 0 radical (unpaired) electrons. The minimum absolute atomic E-state index is 0.0112. The number of furan rings is 1. The Morgan fingerprint density at radius 3 is 2.67 bits per heavy atom. The quantitative estimate of drug-likeness (QED) is 0.613. The molecule has 4 rings (SSSR count). The van der Waals surface area contributed by atoms with Crippen LogP contribution in [0.15, 0.2) is 35.0 Å². The van der Waals surface area contributed by atoms with Gasteiger partial charge in [-0.25, -0.2) is 14.6 Å². The molecule has 1 amide bonds. The molecule has 1 fully saturated rings. The van der Waals surface area contributed by atoms with E-state index in [0.717, 1.165) is 31.1 Å². The van der Waals surface area contributed by atoms with Crippen LogP contribution in [-0.2, 0) is 4.74 Å². The van der Waals surface area contributed by atoms with Crippen LogP contribution in [0.3, 0.4) is 0 Å². The molecule has 158 valence electrons. The third kappa shape index (κ3) is 4.12. The van der Waals surface area contributed by atoms with Gasteiger partial charge in [-0.2, -0.15) is 5.10 Å². The second-order valence-electron chi connectivity index (χ2n) is 7.33. The fourth-order valence-electron chi connectivity index (χ4n) is 3.55. The lowest BCUT2D eigenvalue weighted by atomic mass is 10.2. The van der Waals surface area contributed by atoms with Gasteiger partial charge < -0.3 is 14.1 Å². The molecule has 0 unspecified atom stereocenters. The Balaban J connectivity index is 1.50. The molecule has 1 saturated heterocycles. The zero-order valence-electron chi connectivity index (χ0n) is 17.5. The number of amides is 1. The first kappa shape index (κ1) is 20.2. The van der Waals surface area contributed by atoms with Crippen LogP contribution in [0.5, 0.6) is 0 Å². The van der Waals surface area contributed by atoms with E-state index >= 15 is 0 Å². The van der Waals surface area contributed by atoms with E-state index in [1.54, 1.807) is 30.3 Å². The maximum Gasteiger partial charge on any atom is 0.257 e. The zero-order valence-corrected chi connectivity index (χ0v) is 17.5. The predicted octanol–water partition coefficient (Wildman–Crippen LogP) is 1.94. The van der Waals surface area contributed by atoms with E-state index in [2.05, 4.69) is 20.0 Å². The van der Waals surface area contributed by atoms with Crippen LogP contribution in [0.1, 0.15) is 21.8 Å². The van der Waals surface area contributed by atoms with Crippen molar-refractivity contribution in [3.63, 3.8) is 0 Å². The first-order valence-electron chi connectivity index (χ1n) is 10.0. The van der Waals surface area contributed by atoms with Crippen LogP contribution in [-0.4, -0.2) is 81.9 Å². The van der Waals surface area contributed by atoms with Gasteiger partial charge in [0.1, 0.15) is 11.5 Å². The zero-order chi connectivity index (χ0) is 21.1. The first-order valence-corrected chi connectivity index (χ1v) is 10.0. The molecule has 9 heteroatoms. The normalized spacial score (nSPS) is 15.0. The van der Waals surface area contributed by atoms with Crippen molar-refractivity contribution in [3.05, 3.63) is 47.6 Å². The first-order chi connectivity index (χ1) is 14.6. The molecule has 1 aliphatic rings. The van der Waals surface area contributed by atoms with E-state index < -0.39 is 0 Å². The van der Waals surface area contributed by atoms with Crippen LogP contribution in [0.2, 0.25) is 0 Å². The SMILES string of the molecule is COCCN1CCN(C(=O)c2cnn(-c3nccc(-c4ccc(C)o4)n3)c2C)CC1. The van der Waals surface area contributed by atoms with Gasteiger partial charge in [-0.05, 0) is 32.0 Å². The molecular formula is C21H26N6O3. The van der Waals surface area contributed by atoms with E-state index in [1.807, 2.05) is 30.9 Å². The highest BCUT2D eigenvalue weighted by atomic mass is 16.5. The van der Waals surface area contributed by atoms with Gasteiger partial charge in [-0.1, -0.05) is 0 Å². The number of aromatic nitrogens is 4. The Labute approximate surface area is 175 Å². The lowest BCUT2D eigenvalue weighted by Crippen LogP contribution is -2.49. The van der Waals surface area contributed by atoms with E-state index in [0.29, 0.717) is 42.7 Å². The number of hydrogen-bond donors (Lipinski definition) is 0. The molecule has 1 aliphatic heterocycles. The van der Waals surface area contributed by atoms with Crippen molar-refractivity contribution in [1.82, 2.24) is 29.5 Å². The average molecular weight is 410 g/mol. The van der Waals surface area contributed by atoms with Crippen molar-refractivity contribution >= 4 is 5.91 Å². The lowest BCUT2D eigenvalue weighted by Gasteiger charge is -2.34. The number of piperazine rings is 1. The predicted molar refractivity (Wildman–Crippen MR) is 111 cm³/mol. The summed E-state index contributed by atoms with van der Waals surface area (Å²) in [5.41, 5.74) is 1.96. The Morgan fingerprint density at radius 2 is 1.97 bits per heavy atom. The van der Waals surface area contributed by atoms with E-state index in [1.165, 1.54) is 0 Å². The van der Waals surface area contributed by atoms with Crippen molar-refractivity contribution < 1.29 is 13.9 Å². The molecule has 9 nitrogen and oxygen atoms in total. The number of nitrogens with zero attached hydrogens (tertiary/aromatic N) is 6. The molecule has 0 N–H and O–H groups in total. The molecule has 0 bridgehead atoms. The number of ether oxygens (including phenoxy) is 1. The highest BCUT2D eigenvalue weighted by Gasteiger charge is 2.25. The maximum atomic E-state index is 13.1. The van der Waals surface area contributed by atoms with Gasteiger partial charge in [0.05, 0.1) is 24.1 Å². The van der Waals surface area contributed by atoms with Gasteiger partial charge in [-0.15, -0.1) is 0 Å². The molecule has 0 saturated carbocycles. The number of rotatable bonds is 6. The minimum atomic E-state index is -0.0112. The van der Waals surface area contributed by atoms with E-state index in [4.69, 9.17) is 9.15 Å². The van der Waals surface area contributed by atoms with Crippen LogP contribution >= 0.6 is 0 Å². The average Bonchev–Trinajstić information content (AvgIpc) is 3.38. The number of hydrogen-bond acceptors (Lipinski definition) is 7. The number of carbonyl (C=O) groups excluding carboxylic acids is 1. The molecule has 4 heterocycles. The molecule has 0 atom stereocenters. The van der Waals surface area contributed by atoms with Crippen molar-refractivity contribution in [1.29, 1.82) is 0 Å². The Morgan fingerprint density at radius 1 is 1.17 bits per heavy atom. The third-order valence-corrected chi connectivity index (χ3v) is 5.34. The molecule has 3 aromatic rings. The topological polar surface area (TPSA) is 89.5 Å². The molecule has 0 aromatic carbocycles. The summed E-state index contributed by atoms with van der Waals surface area (Å²) in [6, 6.07) is 5.55. The Bertz CT molecular complexity index is 1020. The largest absolute Gasteiger partial charge is 0.460 e. The van der Waals surface area contributed by atoms with Gasteiger partial charge in [0.25, 0.3) is 11.9 Å². The molecule has 30 heavy (non-hydrogen) atoms. The summed E-state index contributed by atoms with van der Waals surface area (Å²) < 4.78 is 12.4. The lowest BCUT2D eigenvalue weighted by molar-refractivity contribution is 0.0593. The third-order valence-electron chi connectivity index (χ3n) is 5.34. The summed E-state index contributed by atoms with van der Waals surface area (Å²) in [5.74, 6) is 1.88. The van der Waals surface area contributed by atoms with Crippen LogP contribution in [0.25, 0.3) is 17.4 Å². The summed E-state index contributed by atoms with van der Waals surface area (Å²) in [6.07, 6.45) is 3.26. The van der Waals surface area contributed by atoms with Crippen LogP contribution < -0.4 is 0 Å².